The zero-order valence-corrected chi connectivity index (χ0v) is 9.42. The SMILES string of the molecule is Cc1c2c(c(C)c3ccccc13)NC(=O)C2. The first-order valence-corrected chi connectivity index (χ1v) is 5.49. The van der Waals surface area contributed by atoms with Gasteiger partial charge in [-0.2, -0.15) is 0 Å². The molecule has 0 bridgehead atoms. The number of carbonyl (C=O) groups is 1. The second-order valence-corrected chi connectivity index (χ2v) is 4.37. The number of fused-ring (bicyclic) bond motifs is 2. The van der Waals surface area contributed by atoms with Crippen LogP contribution in [0.2, 0.25) is 0 Å². The van der Waals surface area contributed by atoms with Crippen LogP contribution in [-0.2, 0) is 11.2 Å². The van der Waals surface area contributed by atoms with E-state index in [1.807, 2.05) is 12.1 Å². The lowest BCUT2D eigenvalue weighted by Gasteiger charge is -2.12. The molecule has 2 nitrogen and oxygen atoms in total. The van der Waals surface area contributed by atoms with E-state index >= 15 is 0 Å². The van der Waals surface area contributed by atoms with E-state index in [1.54, 1.807) is 0 Å². The Balaban J connectivity index is 2.47. The molecule has 3 rings (SSSR count). The van der Waals surface area contributed by atoms with Crippen molar-refractivity contribution in [3.8, 4) is 0 Å². The monoisotopic (exact) mass is 211 g/mol. The average Bonchev–Trinajstić information content (AvgIpc) is 2.68. The number of aryl methyl sites for hydroxylation is 2. The maximum absolute atomic E-state index is 11.5. The van der Waals surface area contributed by atoms with Crippen molar-refractivity contribution in [3.05, 3.63) is 41.0 Å². The molecule has 0 atom stereocenters. The van der Waals surface area contributed by atoms with Gasteiger partial charge in [0.2, 0.25) is 5.91 Å². The van der Waals surface area contributed by atoms with E-state index in [0.717, 1.165) is 5.69 Å². The molecule has 0 spiro atoms. The predicted molar refractivity (Wildman–Crippen MR) is 65.8 cm³/mol. The van der Waals surface area contributed by atoms with Crippen LogP contribution in [-0.4, -0.2) is 5.91 Å². The molecule has 0 aliphatic carbocycles. The molecule has 1 heterocycles. The molecule has 2 heteroatoms. The van der Waals surface area contributed by atoms with Crippen LogP contribution in [0, 0.1) is 13.8 Å². The molecule has 1 amide bonds. The second kappa shape index (κ2) is 3.08. The minimum Gasteiger partial charge on any atom is -0.325 e. The highest BCUT2D eigenvalue weighted by molar-refractivity contribution is 6.06. The number of rotatable bonds is 0. The van der Waals surface area contributed by atoms with Gasteiger partial charge in [0.15, 0.2) is 0 Å². The topological polar surface area (TPSA) is 29.1 Å². The Bertz CT molecular complexity index is 561. The highest BCUT2D eigenvalue weighted by atomic mass is 16.1. The van der Waals surface area contributed by atoms with Crippen molar-refractivity contribution >= 4 is 22.4 Å². The van der Waals surface area contributed by atoms with E-state index in [9.17, 15) is 4.79 Å². The quantitative estimate of drug-likeness (QED) is 0.713. The van der Waals surface area contributed by atoms with Crippen LogP contribution in [0.5, 0.6) is 0 Å². The Labute approximate surface area is 94.3 Å². The summed E-state index contributed by atoms with van der Waals surface area (Å²) in [6.45, 7) is 4.17. The fourth-order valence-corrected chi connectivity index (χ4v) is 2.58. The molecule has 1 N–H and O–H groups in total. The fraction of sp³-hybridized carbons (Fsp3) is 0.214. The predicted octanol–water partition coefficient (Wildman–Crippen LogP) is 2.95. The van der Waals surface area contributed by atoms with Gasteiger partial charge >= 0.3 is 0 Å². The normalized spacial score (nSPS) is 14.0. The fourth-order valence-electron chi connectivity index (χ4n) is 2.58. The van der Waals surface area contributed by atoms with Crippen LogP contribution in [0.3, 0.4) is 0 Å². The number of carbonyl (C=O) groups excluding carboxylic acids is 1. The maximum Gasteiger partial charge on any atom is 0.228 e. The lowest BCUT2D eigenvalue weighted by Crippen LogP contribution is -2.04. The molecule has 0 fully saturated rings. The summed E-state index contributed by atoms with van der Waals surface area (Å²) in [7, 11) is 0. The zero-order chi connectivity index (χ0) is 11.3. The van der Waals surface area contributed by atoms with Gasteiger partial charge in [-0.3, -0.25) is 4.79 Å². The minimum atomic E-state index is 0.108. The molecule has 2 aromatic carbocycles. The average molecular weight is 211 g/mol. The van der Waals surface area contributed by atoms with E-state index in [4.69, 9.17) is 0 Å². The van der Waals surface area contributed by atoms with E-state index in [0.29, 0.717) is 6.42 Å². The first-order valence-electron chi connectivity index (χ1n) is 5.49. The number of hydrogen-bond acceptors (Lipinski definition) is 1. The largest absolute Gasteiger partial charge is 0.325 e. The van der Waals surface area contributed by atoms with Crippen molar-refractivity contribution in [1.29, 1.82) is 0 Å². The van der Waals surface area contributed by atoms with E-state index in [1.165, 1.54) is 27.5 Å². The van der Waals surface area contributed by atoms with E-state index in [2.05, 4.69) is 31.3 Å². The van der Waals surface area contributed by atoms with E-state index < -0.39 is 0 Å². The van der Waals surface area contributed by atoms with Crippen molar-refractivity contribution in [2.24, 2.45) is 0 Å². The highest BCUT2D eigenvalue weighted by Gasteiger charge is 2.23. The molecule has 1 aliphatic rings. The zero-order valence-electron chi connectivity index (χ0n) is 9.42. The summed E-state index contributed by atoms with van der Waals surface area (Å²) in [4.78, 5) is 11.5. The maximum atomic E-state index is 11.5. The van der Waals surface area contributed by atoms with E-state index in [-0.39, 0.29) is 5.91 Å². The minimum absolute atomic E-state index is 0.108. The van der Waals surface area contributed by atoms with Gasteiger partial charge in [0.25, 0.3) is 0 Å². The van der Waals surface area contributed by atoms with Crippen LogP contribution in [0.15, 0.2) is 24.3 Å². The summed E-state index contributed by atoms with van der Waals surface area (Å²) >= 11 is 0. The number of anilines is 1. The Hall–Kier alpha value is -1.83. The first kappa shape index (κ1) is 9.40. The van der Waals surface area contributed by atoms with Gasteiger partial charge in [-0.15, -0.1) is 0 Å². The number of nitrogens with one attached hydrogen (secondary N) is 1. The lowest BCUT2D eigenvalue weighted by molar-refractivity contribution is -0.115. The van der Waals surface area contributed by atoms with Crippen molar-refractivity contribution in [3.63, 3.8) is 0 Å². The van der Waals surface area contributed by atoms with Crippen molar-refractivity contribution < 1.29 is 4.79 Å². The molecular weight excluding hydrogens is 198 g/mol. The molecule has 2 aromatic rings. The molecule has 1 aliphatic heterocycles. The lowest BCUT2D eigenvalue weighted by atomic mass is 9.94. The molecule has 80 valence electrons. The van der Waals surface area contributed by atoms with Gasteiger partial charge in [0.05, 0.1) is 6.42 Å². The molecule has 0 unspecified atom stereocenters. The number of amides is 1. The van der Waals surface area contributed by atoms with Crippen LogP contribution < -0.4 is 5.32 Å². The van der Waals surface area contributed by atoms with Gasteiger partial charge in [-0.25, -0.2) is 0 Å². The van der Waals surface area contributed by atoms with Crippen molar-refractivity contribution in [2.75, 3.05) is 5.32 Å². The highest BCUT2D eigenvalue weighted by Crippen LogP contribution is 2.36. The smallest absolute Gasteiger partial charge is 0.228 e. The molecule has 0 radical (unpaired) electrons. The molecule has 16 heavy (non-hydrogen) atoms. The van der Waals surface area contributed by atoms with Crippen molar-refractivity contribution in [2.45, 2.75) is 20.3 Å². The third-order valence-corrected chi connectivity index (χ3v) is 3.47. The third kappa shape index (κ3) is 1.10. The van der Waals surface area contributed by atoms with Crippen LogP contribution in [0.25, 0.3) is 10.8 Å². The van der Waals surface area contributed by atoms with Gasteiger partial charge in [-0.05, 0) is 41.3 Å². The number of benzene rings is 2. The summed E-state index contributed by atoms with van der Waals surface area (Å²) in [5, 5.41) is 5.46. The number of hydrogen-bond donors (Lipinski definition) is 1. The van der Waals surface area contributed by atoms with Gasteiger partial charge in [-0.1, -0.05) is 24.3 Å². The first-order chi connectivity index (χ1) is 7.68. The molecule has 0 saturated carbocycles. The van der Waals surface area contributed by atoms with Gasteiger partial charge in [0, 0.05) is 5.69 Å². The summed E-state index contributed by atoms with van der Waals surface area (Å²) in [6.07, 6.45) is 0.521. The van der Waals surface area contributed by atoms with Crippen molar-refractivity contribution in [1.82, 2.24) is 0 Å². The standard InChI is InChI=1S/C14H13NO/c1-8-10-5-3-4-6-11(10)9(2)14-12(8)7-13(16)15-14/h3-6H,7H2,1-2H3,(H,15,16). The van der Waals surface area contributed by atoms with Crippen LogP contribution in [0.4, 0.5) is 5.69 Å². The second-order valence-electron chi connectivity index (χ2n) is 4.37. The molecule has 0 saturated heterocycles. The third-order valence-electron chi connectivity index (χ3n) is 3.47. The summed E-state index contributed by atoms with van der Waals surface area (Å²) in [5.74, 6) is 0.108. The molecular formula is C14H13NO. The van der Waals surface area contributed by atoms with Crippen LogP contribution >= 0.6 is 0 Å². The summed E-state index contributed by atoms with van der Waals surface area (Å²) in [5.41, 5.74) is 4.61. The summed E-state index contributed by atoms with van der Waals surface area (Å²) < 4.78 is 0. The van der Waals surface area contributed by atoms with Crippen LogP contribution in [0.1, 0.15) is 16.7 Å². The van der Waals surface area contributed by atoms with Gasteiger partial charge < -0.3 is 5.32 Å². The van der Waals surface area contributed by atoms with Gasteiger partial charge in [0.1, 0.15) is 0 Å². The Morgan fingerprint density at radius 2 is 1.69 bits per heavy atom. The Morgan fingerprint density at radius 1 is 1.06 bits per heavy atom. The Kier molecular flexibility index (Phi) is 1.81. The molecule has 0 aromatic heterocycles. The Morgan fingerprint density at radius 3 is 2.38 bits per heavy atom. The summed E-state index contributed by atoms with van der Waals surface area (Å²) in [6, 6.07) is 8.33.